The van der Waals surface area contributed by atoms with Crippen molar-refractivity contribution in [2.75, 3.05) is 11.9 Å². The third-order valence-electron chi connectivity index (χ3n) is 3.60. The summed E-state index contributed by atoms with van der Waals surface area (Å²) in [6, 6.07) is 17.0. The molecule has 1 unspecified atom stereocenters. The van der Waals surface area contributed by atoms with Gasteiger partial charge in [0.15, 0.2) is 0 Å². The Morgan fingerprint density at radius 1 is 1.11 bits per heavy atom. The SMILES string of the molecule is ClCc1cccc(NCC2Cc3ccccc32)c1. The van der Waals surface area contributed by atoms with E-state index < -0.39 is 0 Å². The van der Waals surface area contributed by atoms with Gasteiger partial charge >= 0.3 is 0 Å². The summed E-state index contributed by atoms with van der Waals surface area (Å²) in [5.41, 5.74) is 5.32. The number of fused-ring (bicyclic) bond motifs is 1. The van der Waals surface area contributed by atoms with Gasteiger partial charge in [-0.2, -0.15) is 0 Å². The van der Waals surface area contributed by atoms with Gasteiger partial charge in [0.05, 0.1) is 0 Å². The Balaban J connectivity index is 1.63. The maximum Gasteiger partial charge on any atom is 0.0474 e. The zero-order valence-corrected chi connectivity index (χ0v) is 11.0. The predicted molar refractivity (Wildman–Crippen MR) is 77.4 cm³/mol. The maximum absolute atomic E-state index is 5.84. The van der Waals surface area contributed by atoms with E-state index in [9.17, 15) is 0 Å². The molecule has 0 amide bonds. The Hall–Kier alpha value is -1.47. The minimum absolute atomic E-state index is 0.571. The molecule has 0 saturated heterocycles. The fraction of sp³-hybridized carbons (Fsp3) is 0.250. The van der Waals surface area contributed by atoms with Crippen molar-refractivity contribution in [2.45, 2.75) is 18.2 Å². The maximum atomic E-state index is 5.84. The Bertz CT molecular complexity index is 550. The number of anilines is 1. The lowest BCUT2D eigenvalue weighted by atomic mass is 9.77. The van der Waals surface area contributed by atoms with Crippen LogP contribution in [0.1, 0.15) is 22.6 Å². The van der Waals surface area contributed by atoms with Crippen molar-refractivity contribution in [3.63, 3.8) is 0 Å². The summed E-state index contributed by atoms with van der Waals surface area (Å²) in [7, 11) is 0. The van der Waals surface area contributed by atoms with E-state index >= 15 is 0 Å². The highest BCUT2D eigenvalue weighted by Gasteiger charge is 2.24. The van der Waals surface area contributed by atoms with Crippen LogP contribution < -0.4 is 5.32 Å². The minimum Gasteiger partial charge on any atom is -0.384 e. The summed E-state index contributed by atoms with van der Waals surface area (Å²) < 4.78 is 0. The fourth-order valence-corrected chi connectivity index (χ4v) is 2.72. The van der Waals surface area contributed by atoms with E-state index in [1.54, 1.807) is 0 Å². The molecule has 1 aliphatic rings. The van der Waals surface area contributed by atoms with Crippen molar-refractivity contribution in [1.29, 1.82) is 0 Å². The molecule has 2 aromatic rings. The highest BCUT2D eigenvalue weighted by Crippen LogP contribution is 2.34. The first-order chi connectivity index (χ1) is 8.86. The number of benzene rings is 2. The van der Waals surface area contributed by atoms with Crippen molar-refractivity contribution in [3.05, 3.63) is 65.2 Å². The Morgan fingerprint density at radius 2 is 2.00 bits per heavy atom. The zero-order chi connectivity index (χ0) is 12.4. The van der Waals surface area contributed by atoms with Crippen LogP contribution in [0.3, 0.4) is 0 Å². The Labute approximate surface area is 113 Å². The first kappa shape index (κ1) is 11.6. The van der Waals surface area contributed by atoms with E-state index in [1.807, 2.05) is 0 Å². The average Bonchev–Trinajstić information content (AvgIpc) is 2.40. The fourth-order valence-electron chi connectivity index (χ4n) is 2.55. The minimum atomic E-state index is 0.571. The molecule has 0 fully saturated rings. The molecule has 0 bridgehead atoms. The molecule has 1 N–H and O–H groups in total. The van der Waals surface area contributed by atoms with Gasteiger partial charge in [0.1, 0.15) is 0 Å². The van der Waals surface area contributed by atoms with Crippen LogP contribution in [0, 0.1) is 0 Å². The number of hydrogen-bond acceptors (Lipinski definition) is 1. The highest BCUT2D eigenvalue weighted by molar-refractivity contribution is 6.17. The molecular weight excluding hydrogens is 242 g/mol. The number of hydrogen-bond donors (Lipinski definition) is 1. The second kappa shape index (κ2) is 5.03. The Morgan fingerprint density at radius 3 is 2.83 bits per heavy atom. The molecule has 0 saturated carbocycles. The highest BCUT2D eigenvalue weighted by atomic mass is 35.5. The molecule has 3 rings (SSSR count). The monoisotopic (exact) mass is 257 g/mol. The molecule has 1 aliphatic carbocycles. The van der Waals surface area contributed by atoms with Crippen LogP contribution in [-0.2, 0) is 12.3 Å². The molecule has 2 aromatic carbocycles. The van der Waals surface area contributed by atoms with Crippen LogP contribution in [0.5, 0.6) is 0 Å². The Kier molecular flexibility index (Phi) is 3.24. The van der Waals surface area contributed by atoms with E-state index in [2.05, 4.69) is 53.8 Å². The van der Waals surface area contributed by atoms with Crippen molar-refractivity contribution < 1.29 is 0 Å². The second-order valence-electron chi connectivity index (χ2n) is 4.81. The summed E-state index contributed by atoms with van der Waals surface area (Å²) in [6.45, 7) is 1.00. The molecular formula is C16H16ClN. The van der Waals surface area contributed by atoms with E-state index in [0.717, 1.165) is 17.8 Å². The second-order valence-corrected chi connectivity index (χ2v) is 5.08. The normalized spacial score (nSPS) is 16.8. The molecule has 18 heavy (non-hydrogen) atoms. The van der Waals surface area contributed by atoms with Gasteiger partial charge in [-0.15, -0.1) is 11.6 Å². The van der Waals surface area contributed by atoms with Gasteiger partial charge in [0, 0.05) is 24.0 Å². The average molecular weight is 258 g/mol. The molecule has 0 aromatic heterocycles. The van der Waals surface area contributed by atoms with E-state index in [4.69, 9.17) is 11.6 Å². The molecule has 0 spiro atoms. The first-order valence-electron chi connectivity index (χ1n) is 6.33. The van der Waals surface area contributed by atoms with Crippen LogP contribution in [0.25, 0.3) is 0 Å². The quantitative estimate of drug-likeness (QED) is 0.811. The standard InChI is InChI=1S/C16H16ClN/c17-10-12-4-3-6-15(8-12)18-11-14-9-13-5-1-2-7-16(13)14/h1-8,14,18H,9-11H2. The lowest BCUT2D eigenvalue weighted by Crippen LogP contribution is -2.24. The lowest BCUT2D eigenvalue weighted by Gasteiger charge is -2.30. The molecule has 1 atom stereocenters. The van der Waals surface area contributed by atoms with Gasteiger partial charge in [-0.05, 0) is 35.2 Å². The number of alkyl halides is 1. The molecule has 1 nitrogen and oxygen atoms in total. The van der Waals surface area contributed by atoms with Crippen LogP contribution in [0.2, 0.25) is 0 Å². The predicted octanol–water partition coefficient (Wildman–Crippen LogP) is 4.18. The number of rotatable bonds is 4. The van der Waals surface area contributed by atoms with Gasteiger partial charge in [0.25, 0.3) is 0 Å². The lowest BCUT2D eigenvalue weighted by molar-refractivity contribution is 0.636. The molecule has 0 aliphatic heterocycles. The van der Waals surface area contributed by atoms with E-state index in [-0.39, 0.29) is 0 Å². The summed E-state index contributed by atoms with van der Waals surface area (Å²) in [5, 5.41) is 3.50. The summed E-state index contributed by atoms with van der Waals surface area (Å²) in [5.74, 6) is 1.22. The van der Waals surface area contributed by atoms with Crippen LogP contribution in [-0.4, -0.2) is 6.54 Å². The molecule has 0 heterocycles. The van der Waals surface area contributed by atoms with Crippen molar-refractivity contribution in [3.8, 4) is 0 Å². The van der Waals surface area contributed by atoms with Crippen molar-refractivity contribution >= 4 is 17.3 Å². The third kappa shape index (κ3) is 2.23. The smallest absolute Gasteiger partial charge is 0.0474 e. The van der Waals surface area contributed by atoms with Gasteiger partial charge in [-0.1, -0.05) is 36.4 Å². The third-order valence-corrected chi connectivity index (χ3v) is 3.90. The molecule has 92 valence electrons. The van der Waals surface area contributed by atoms with E-state index in [0.29, 0.717) is 11.8 Å². The summed E-state index contributed by atoms with van der Waals surface area (Å²) in [6.07, 6.45) is 1.19. The van der Waals surface area contributed by atoms with Crippen molar-refractivity contribution in [2.24, 2.45) is 0 Å². The van der Waals surface area contributed by atoms with Gasteiger partial charge in [-0.25, -0.2) is 0 Å². The number of halogens is 1. The largest absolute Gasteiger partial charge is 0.384 e. The molecule has 2 heteroatoms. The van der Waals surface area contributed by atoms with Crippen LogP contribution in [0.15, 0.2) is 48.5 Å². The van der Waals surface area contributed by atoms with Crippen LogP contribution in [0.4, 0.5) is 5.69 Å². The van der Waals surface area contributed by atoms with Crippen molar-refractivity contribution in [1.82, 2.24) is 0 Å². The summed E-state index contributed by atoms with van der Waals surface area (Å²) >= 11 is 5.84. The van der Waals surface area contributed by atoms with Gasteiger partial charge in [-0.3, -0.25) is 0 Å². The van der Waals surface area contributed by atoms with Gasteiger partial charge < -0.3 is 5.32 Å². The number of nitrogens with one attached hydrogen (secondary N) is 1. The van der Waals surface area contributed by atoms with E-state index in [1.165, 1.54) is 17.5 Å². The molecule has 0 radical (unpaired) electrons. The van der Waals surface area contributed by atoms with Crippen LogP contribution >= 0.6 is 11.6 Å². The zero-order valence-electron chi connectivity index (χ0n) is 10.2. The van der Waals surface area contributed by atoms with Gasteiger partial charge in [0.2, 0.25) is 0 Å². The topological polar surface area (TPSA) is 12.0 Å². The summed E-state index contributed by atoms with van der Waals surface area (Å²) in [4.78, 5) is 0. The first-order valence-corrected chi connectivity index (χ1v) is 6.87.